The molecule has 1 aromatic carbocycles. The van der Waals surface area contributed by atoms with Gasteiger partial charge in [-0.15, -0.1) is 0 Å². The van der Waals surface area contributed by atoms with E-state index in [0.29, 0.717) is 22.0 Å². The molecule has 28 heavy (non-hydrogen) atoms. The third-order valence-electron chi connectivity index (χ3n) is 4.42. The number of hydrogen-bond acceptors (Lipinski definition) is 7. The number of allylic oxidation sites excluding steroid dienone is 2. The fourth-order valence-electron chi connectivity index (χ4n) is 3.10. The van der Waals surface area contributed by atoms with Crippen molar-refractivity contribution < 1.29 is 28.6 Å². The summed E-state index contributed by atoms with van der Waals surface area (Å²) < 4.78 is 14.8. The van der Waals surface area contributed by atoms with Crippen molar-refractivity contribution in [2.24, 2.45) is 0 Å². The van der Waals surface area contributed by atoms with Gasteiger partial charge in [0.15, 0.2) is 6.10 Å². The lowest BCUT2D eigenvalue weighted by Crippen LogP contribution is -2.34. The van der Waals surface area contributed by atoms with Crippen molar-refractivity contribution in [3.8, 4) is 0 Å². The fourth-order valence-corrected chi connectivity index (χ4v) is 3.35. The summed E-state index contributed by atoms with van der Waals surface area (Å²) in [6, 6.07) is 6.88. The van der Waals surface area contributed by atoms with Crippen LogP contribution in [0.1, 0.15) is 32.3 Å². The smallest absolute Gasteiger partial charge is 0.346 e. The van der Waals surface area contributed by atoms with Gasteiger partial charge in [0.2, 0.25) is 0 Å². The summed E-state index contributed by atoms with van der Waals surface area (Å²) in [6.45, 7) is 4.79. The first-order valence-corrected chi connectivity index (χ1v) is 8.90. The summed E-state index contributed by atoms with van der Waals surface area (Å²) in [5, 5.41) is 3.39. The molecule has 150 valence electrons. The van der Waals surface area contributed by atoms with Crippen molar-refractivity contribution in [1.82, 2.24) is 5.32 Å². The second-order valence-corrected chi connectivity index (χ2v) is 6.63. The van der Waals surface area contributed by atoms with E-state index >= 15 is 0 Å². The number of rotatable bonds is 5. The van der Waals surface area contributed by atoms with Gasteiger partial charge < -0.3 is 19.5 Å². The lowest BCUT2D eigenvalue weighted by atomic mass is 9.80. The molecule has 1 aliphatic heterocycles. The van der Waals surface area contributed by atoms with Crippen LogP contribution in [0.3, 0.4) is 0 Å². The average molecular weight is 408 g/mol. The van der Waals surface area contributed by atoms with Crippen LogP contribution in [-0.4, -0.2) is 38.2 Å². The topological polar surface area (TPSA) is 90.9 Å². The van der Waals surface area contributed by atoms with Gasteiger partial charge in [0.05, 0.1) is 31.3 Å². The fraction of sp³-hybridized carbons (Fsp3) is 0.350. The molecule has 7 nitrogen and oxygen atoms in total. The number of nitrogens with one attached hydrogen (secondary N) is 1. The second-order valence-electron chi connectivity index (χ2n) is 6.22. The van der Waals surface area contributed by atoms with E-state index in [-0.39, 0.29) is 11.1 Å². The Labute approximate surface area is 168 Å². The van der Waals surface area contributed by atoms with Crippen molar-refractivity contribution in [2.75, 3.05) is 14.2 Å². The highest BCUT2D eigenvalue weighted by Crippen LogP contribution is 2.41. The molecule has 1 aliphatic rings. The van der Waals surface area contributed by atoms with Gasteiger partial charge >= 0.3 is 17.9 Å². The Morgan fingerprint density at radius 1 is 1.00 bits per heavy atom. The monoisotopic (exact) mass is 407 g/mol. The average Bonchev–Trinajstić information content (AvgIpc) is 2.66. The zero-order chi connectivity index (χ0) is 21.0. The van der Waals surface area contributed by atoms with Crippen LogP contribution >= 0.6 is 11.6 Å². The van der Waals surface area contributed by atoms with Crippen molar-refractivity contribution in [1.29, 1.82) is 0 Å². The van der Waals surface area contributed by atoms with E-state index in [9.17, 15) is 14.4 Å². The van der Waals surface area contributed by atoms with Gasteiger partial charge in [-0.3, -0.25) is 0 Å². The molecule has 0 fully saturated rings. The summed E-state index contributed by atoms with van der Waals surface area (Å²) >= 11 is 6.37. The molecule has 1 N–H and O–H groups in total. The van der Waals surface area contributed by atoms with Crippen LogP contribution in [0, 0.1) is 0 Å². The molecule has 0 amide bonds. The molecule has 8 heteroatoms. The highest BCUT2D eigenvalue weighted by molar-refractivity contribution is 6.31. The molecule has 0 aromatic heterocycles. The zero-order valence-electron chi connectivity index (χ0n) is 16.3. The van der Waals surface area contributed by atoms with Crippen LogP contribution in [0.25, 0.3) is 0 Å². The molecule has 0 saturated heterocycles. The van der Waals surface area contributed by atoms with Crippen LogP contribution < -0.4 is 5.32 Å². The number of halogens is 1. The maximum Gasteiger partial charge on any atom is 0.346 e. The lowest BCUT2D eigenvalue weighted by molar-refractivity contribution is -0.162. The van der Waals surface area contributed by atoms with E-state index in [1.54, 1.807) is 38.1 Å². The minimum absolute atomic E-state index is 0.162. The molecule has 0 spiro atoms. The summed E-state index contributed by atoms with van der Waals surface area (Å²) in [5.74, 6) is -2.88. The van der Waals surface area contributed by atoms with Crippen LogP contribution in [0.5, 0.6) is 0 Å². The maximum atomic E-state index is 13.0. The van der Waals surface area contributed by atoms with Crippen LogP contribution in [0.4, 0.5) is 0 Å². The number of dihydropyridines is 1. The molecule has 0 radical (unpaired) electrons. The molecule has 2 rings (SSSR count). The Morgan fingerprint density at radius 3 is 2.11 bits per heavy atom. The first-order chi connectivity index (χ1) is 13.2. The van der Waals surface area contributed by atoms with Crippen molar-refractivity contribution in [3.63, 3.8) is 0 Å². The van der Waals surface area contributed by atoms with Gasteiger partial charge in [0, 0.05) is 16.4 Å². The Hall–Kier alpha value is -2.80. The van der Waals surface area contributed by atoms with Crippen LogP contribution in [0.2, 0.25) is 5.02 Å². The summed E-state index contributed by atoms with van der Waals surface area (Å²) in [6.07, 6.45) is -1.11. The number of esters is 3. The van der Waals surface area contributed by atoms with Gasteiger partial charge in [-0.2, -0.15) is 0 Å². The van der Waals surface area contributed by atoms with E-state index in [1.807, 2.05) is 0 Å². The van der Waals surface area contributed by atoms with Gasteiger partial charge in [-0.05, 0) is 32.4 Å². The summed E-state index contributed by atoms with van der Waals surface area (Å²) in [5.41, 5.74) is 1.96. The number of benzene rings is 1. The summed E-state index contributed by atoms with van der Waals surface area (Å²) in [4.78, 5) is 37.1. The maximum absolute atomic E-state index is 13.0. The SMILES string of the molecule is COC(=O)C1=C(C)NC(C)=C(C(=O)OC(C)C(=O)OC)C1c1ccccc1Cl. The van der Waals surface area contributed by atoms with E-state index < -0.39 is 29.9 Å². The molecule has 1 aromatic rings. The molecular formula is C20H22ClNO6. The van der Waals surface area contributed by atoms with Gasteiger partial charge in [-0.1, -0.05) is 29.8 Å². The lowest BCUT2D eigenvalue weighted by Gasteiger charge is -2.31. The molecule has 2 unspecified atom stereocenters. The zero-order valence-corrected chi connectivity index (χ0v) is 17.0. The first kappa shape index (κ1) is 21.5. The Bertz CT molecular complexity index is 873. The van der Waals surface area contributed by atoms with Crippen molar-refractivity contribution in [3.05, 3.63) is 57.4 Å². The highest BCUT2D eigenvalue weighted by atomic mass is 35.5. The van der Waals surface area contributed by atoms with Crippen molar-refractivity contribution in [2.45, 2.75) is 32.8 Å². The quantitative estimate of drug-likeness (QED) is 0.592. The first-order valence-electron chi connectivity index (χ1n) is 8.53. The standard InChI is InChI=1S/C20H22ClNO6/c1-10-15(19(24)27-5)17(13-8-6-7-9-14(13)21)16(11(2)22-10)20(25)28-12(3)18(23)26-4/h6-9,12,17,22H,1-5H3. The third kappa shape index (κ3) is 4.20. The molecular weight excluding hydrogens is 386 g/mol. The van der Waals surface area contributed by atoms with E-state index in [1.165, 1.54) is 21.1 Å². The second kappa shape index (κ2) is 8.93. The highest BCUT2D eigenvalue weighted by Gasteiger charge is 2.39. The molecule has 0 bridgehead atoms. The van der Waals surface area contributed by atoms with Crippen LogP contribution in [-0.2, 0) is 28.6 Å². The van der Waals surface area contributed by atoms with E-state index in [4.69, 9.17) is 21.1 Å². The minimum Gasteiger partial charge on any atom is -0.466 e. The molecule has 0 aliphatic carbocycles. The third-order valence-corrected chi connectivity index (χ3v) is 4.76. The molecule has 0 saturated carbocycles. The van der Waals surface area contributed by atoms with E-state index in [2.05, 4.69) is 10.1 Å². The minimum atomic E-state index is -1.11. The van der Waals surface area contributed by atoms with Gasteiger partial charge in [0.25, 0.3) is 0 Å². The number of carbonyl (C=O) groups is 3. The molecule has 2 atom stereocenters. The Balaban J connectivity index is 2.59. The number of carbonyl (C=O) groups excluding carboxylic acids is 3. The summed E-state index contributed by atoms with van der Waals surface area (Å²) in [7, 11) is 2.46. The Morgan fingerprint density at radius 2 is 1.57 bits per heavy atom. The Kier molecular flexibility index (Phi) is 6.85. The van der Waals surface area contributed by atoms with Crippen molar-refractivity contribution >= 4 is 29.5 Å². The predicted octanol–water partition coefficient (Wildman–Crippen LogP) is 2.85. The number of ether oxygens (including phenoxy) is 3. The molecule has 1 heterocycles. The number of hydrogen-bond donors (Lipinski definition) is 1. The number of methoxy groups -OCH3 is 2. The van der Waals surface area contributed by atoms with Crippen LogP contribution in [0.15, 0.2) is 46.8 Å². The van der Waals surface area contributed by atoms with E-state index in [0.717, 1.165) is 0 Å². The predicted molar refractivity (Wildman–Crippen MR) is 102 cm³/mol. The van der Waals surface area contributed by atoms with Gasteiger partial charge in [-0.25, -0.2) is 14.4 Å². The van der Waals surface area contributed by atoms with Gasteiger partial charge in [0.1, 0.15) is 0 Å². The normalized spacial score (nSPS) is 17.6. The largest absolute Gasteiger partial charge is 0.466 e.